The monoisotopic (exact) mass is 284 g/mol. The number of carbonyl (C=O) groups excluding carboxylic acids is 1. The van der Waals surface area contributed by atoms with E-state index in [-0.39, 0.29) is 11.3 Å². The van der Waals surface area contributed by atoms with Gasteiger partial charge in [0.05, 0.1) is 11.3 Å². The molecule has 21 heavy (non-hydrogen) atoms. The number of carbonyl (C=O) groups is 2. The van der Waals surface area contributed by atoms with E-state index in [9.17, 15) is 9.59 Å². The summed E-state index contributed by atoms with van der Waals surface area (Å²) < 4.78 is 0. The molecule has 2 amide bonds. The Hall–Kier alpha value is -2.82. The van der Waals surface area contributed by atoms with Crippen LogP contribution in [0.4, 0.5) is 16.2 Å². The number of rotatable bonds is 3. The molecule has 0 atom stereocenters. The molecule has 2 aromatic carbocycles. The number of hydrogen-bond acceptors (Lipinski definition) is 2. The lowest BCUT2D eigenvalue weighted by molar-refractivity contribution is 0.0698. The summed E-state index contributed by atoms with van der Waals surface area (Å²) in [7, 11) is 0. The molecule has 0 aliphatic heterocycles. The Morgan fingerprint density at radius 2 is 1.62 bits per heavy atom. The predicted molar refractivity (Wildman–Crippen MR) is 82.0 cm³/mol. The van der Waals surface area contributed by atoms with Crippen LogP contribution in [-0.4, -0.2) is 17.1 Å². The summed E-state index contributed by atoms with van der Waals surface area (Å²) in [6, 6.07) is 11.7. The minimum absolute atomic E-state index is 0.0648. The Balaban J connectivity index is 2.17. The van der Waals surface area contributed by atoms with Gasteiger partial charge in [0.1, 0.15) is 0 Å². The molecule has 0 fully saturated rings. The molecular weight excluding hydrogens is 268 g/mol. The van der Waals surface area contributed by atoms with Crippen LogP contribution < -0.4 is 10.6 Å². The van der Waals surface area contributed by atoms with Crippen LogP contribution >= 0.6 is 0 Å². The number of carboxylic acids is 1. The van der Waals surface area contributed by atoms with E-state index in [1.165, 1.54) is 6.07 Å². The summed E-state index contributed by atoms with van der Waals surface area (Å²) in [5.74, 6) is -1.08. The SMILES string of the molecule is Cc1ccc(NC(=O)Nc2ccccc2C)c(C(=O)O)c1. The zero-order valence-electron chi connectivity index (χ0n) is 11.8. The molecule has 0 aromatic heterocycles. The Kier molecular flexibility index (Phi) is 4.23. The van der Waals surface area contributed by atoms with Crippen LogP contribution in [0.1, 0.15) is 21.5 Å². The van der Waals surface area contributed by atoms with Gasteiger partial charge >= 0.3 is 12.0 Å². The van der Waals surface area contributed by atoms with Gasteiger partial charge in [-0.15, -0.1) is 0 Å². The number of urea groups is 1. The van der Waals surface area contributed by atoms with E-state index in [0.717, 1.165) is 11.1 Å². The molecule has 0 saturated carbocycles. The third-order valence-corrected chi connectivity index (χ3v) is 3.05. The minimum Gasteiger partial charge on any atom is -0.478 e. The van der Waals surface area contributed by atoms with Gasteiger partial charge in [-0.1, -0.05) is 29.8 Å². The molecule has 5 nitrogen and oxygen atoms in total. The fraction of sp³-hybridized carbons (Fsp3) is 0.125. The van der Waals surface area contributed by atoms with Crippen LogP contribution in [-0.2, 0) is 0 Å². The van der Waals surface area contributed by atoms with Gasteiger partial charge in [0.2, 0.25) is 0 Å². The van der Waals surface area contributed by atoms with E-state index in [1.54, 1.807) is 25.1 Å². The Morgan fingerprint density at radius 1 is 0.952 bits per heavy atom. The fourth-order valence-corrected chi connectivity index (χ4v) is 1.93. The van der Waals surface area contributed by atoms with Gasteiger partial charge in [0, 0.05) is 5.69 Å². The maximum absolute atomic E-state index is 12.0. The quantitative estimate of drug-likeness (QED) is 0.805. The maximum Gasteiger partial charge on any atom is 0.337 e. The topological polar surface area (TPSA) is 78.4 Å². The van der Waals surface area contributed by atoms with Crippen LogP contribution in [0.15, 0.2) is 42.5 Å². The van der Waals surface area contributed by atoms with Gasteiger partial charge in [-0.3, -0.25) is 0 Å². The molecule has 0 spiro atoms. The van der Waals surface area contributed by atoms with Crippen molar-refractivity contribution in [2.75, 3.05) is 10.6 Å². The summed E-state index contributed by atoms with van der Waals surface area (Å²) >= 11 is 0. The molecule has 0 bridgehead atoms. The van der Waals surface area contributed by atoms with Crippen molar-refractivity contribution in [2.45, 2.75) is 13.8 Å². The number of nitrogens with one attached hydrogen (secondary N) is 2. The zero-order chi connectivity index (χ0) is 15.4. The maximum atomic E-state index is 12.0. The first-order valence-corrected chi connectivity index (χ1v) is 6.45. The van der Waals surface area contributed by atoms with E-state index >= 15 is 0 Å². The van der Waals surface area contributed by atoms with Crippen molar-refractivity contribution in [3.05, 3.63) is 59.2 Å². The van der Waals surface area contributed by atoms with E-state index < -0.39 is 12.0 Å². The van der Waals surface area contributed by atoms with Crippen LogP contribution in [0.5, 0.6) is 0 Å². The fourth-order valence-electron chi connectivity index (χ4n) is 1.93. The molecule has 0 aliphatic rings. The predicted octanol–water partition coefficient (Wildman–Crippen LogP) is 3.65. The normalized spacial score (nSPS) is 10.0. The van der Waals surface area contributed by atoms with Crippen molar-refractivity contribution >= 4 is 23.4 Å². The van der Waals surface area contributed by atoms with Gasteiger partial charge in [-0.05, 0) is 37.6 Å². The van der Waals surface area contributed by atoms with Gasteiger partial charge in [-0.25, -0.2) is 9.59 Å². The lowest BCUT2D eigenvalue weighted by Crippen LogP contribution is -2.21. The van der Waals surface area contributed by atoms with Crippen molar-refractivity contribution in [3.8, 4) is 0 Å². The molecule has 3 N–H and O–H groups in total. The second-order valence-corrected chi connectivity index (χ2v) is 4.75. The number of anilines is 2. The summed E-state index contributed by atoms with van der Waals surface area (Å²) in [5.41, 5.74) is 2.75. The highest BCUT2D eigenvalue weighted by atomic mass is 16.4. The third-order valence-electron chi connectivity index (χ3n) is 3.05. The van der Waals surface area contributed by atoms with Crippen molar-refractivity contribution in [1.29, 1.82) is 0 Å². The highest BCUT2D eigenvalue weighted by molar-refractivity contribution is 6.04. The number of benzene rings is 2. The van der Waals surface area contributed by atoms with Crippen molar-refractivity contribution in [1.82, 2.24) is 0 Å². The second-order valence-electron chi connectivity index (χ2n) is 4.75. The number of aryl methyl sites for hydroxylation is 2. The standard InChI is InChI=1S/C16H16N2O3/c1-10-7-8-14(12(9-10)15(19)20)18-16(21)17-13-6-4-3-5-11(13)2/h3-9H,1-2H3,(H,19,20)(H2,17,18,21). The largest absolute Gasteiger partial charge is 0.478 e. The number of para-hydroxylation sites is 1. The molecule has 108 valence electrons. The first-order chi connectivity index (χ1) is 9.97. The molecule has 5 heteroatoms. The summed E-state index contributed by atoms with van der Waals surface area (Å²) in [6.07, 6.45) is 0. The number of carboxylic acid groups (broad SMARTS) is 1. The molecule has 0 aliphatic carbocycles. The molecule has 2 aromatic rings. The van der Waals surface area contributed by atoms with Gasteiger partial charge in [0.15, 0.2) is 0 Å². The number of amides is 2. The van der Waals surface area contributed by atoms with Crippen LogP contribution in [0.3, 0.4) is 0 Å². The summed E-state index contributed by atoms with van der Waals surface area (Å²) in [4.78, 5) is 23.2. The highest BCUT2D eigenvalue weighted by Gasteiger charge is 2.13. The number of hydrogen-bond donors (Lipinski definition) is 3. The van der Waals surface area contributed by atoms with Gasteiger partial charge in [0.25, 0.3) is 0 Å². The average Bonchev–Trinajstić information content (AvgIpc) is 2.43. The minimum atomic E-state index is -1.08. The van der Waals surface area contributed by atoms with E-state index in [2.05, 4.69) is 10.6 Å². The van der Waals surface area contributed by atoms with Crippen LogP contribution in [0, 0.1) is 13.8 Å². The molecule has 0 radical (unpaired) electrons. The second kappa shape index (κ2) is 6.09. The smallest absolute Gasteiger partial charge is 0.337 e. The van der Waals surface area contributed by atoms with Crippen LogP contribution in [0.2, 0.25) is 0 Å². The highest BCUT2D eigenvalue weighted by Crippen LogP contribution is 2.19. The molecule has 0 heterocycles. The van der Waals surface area contributed by atoms with E-state index in [4.69, 9.17) is 5.11 Å². The molecule has 2 rings (SSSR count). The molecule has 0 unspecified atom stereocenters. The lowest BCUT2D eigenvalue weighted by Gasteiger charge is -2.12. The Morgan fingerprint density at radius 3 is 2.29 bits per heavy atom. The Bertz CT molecular complexity index is 696. The number of aromatic carboxylic acids is 1. The Labute approximate surface area is 122 Å². The summed E-state index contributed by atoms with van der Waals surface area (Å²) in [5, 5.41) is 14.4. The van der Waals surface area contributed by atoms with Crippen molar-refractivity contribution < 1.29 is 14.7 Å². The van der Waals surface area contributed by atoms with Crippen LogP contribution in [0.25, 0.3) is 0 Å². The van der Waals surface area contributed by atoms with Crippen molar-refractivity contribution in [2.24, 2.45) is 0 Å². The van der Waals surface area contributed by atoms with Gasteiger partial charge < -0.3 is 15.7 Å². The average molecular weight is 284 g/mol. The first-order valence-electron chi connectivity index (χ1n) is 6.45. The van der Waals surface area contributed by atoms with Gasteiger partial charge in [-0.2, -0.15) is 0 Å². The lowest BCUT2D eigenvalue weighted by atomic mass is 10.1. The van der Waals surface area contributed by atoms with E-state index in [0.29, 0.717) is 5.69 Å². The third kappa shape index (κ3) is 3.60. The van der Waals surface area contributed by atoms with E-state index in [1.807, 2.05) is 25.1 Å². The molecule has 0 saturated heterocycles. The van der Waals surface area contributed by atoms with Crippen molar-refractivity contribution in [3.63, 3.8) is 0 Å². The molecular formula is C16H16N2O3. The first kappa shape index (κ1) is 14.6. The summed E-state index contributed by atoms with van der Waals surface area (Å²) in [6.45, 7) is 3.67. The zero-order valence-corrected chi connectivity index (χ0v) is 11.8.